The van der Waals surface area contributed by atoms with Gasteiger partial charge < -0.3 is 16.2 Å². The van der Waals surface area contributed by atoms with E-state index in [-0.39, 0.29) is 12.5 Å². The highest BCUT2D eigenvalue weighted by Crippen LogP contribution is 2.18. The van der Waals surface area contributed by atoms with Gasteiger partial charge in [0.05, 0.1) is 5.69 Å². The predicted octanol–water partition coefficient (Wildman–Crippen LogP) is 1.01. The minimum atomic E-state index is 0.165. The molecule has 4 N–H and O–H groups in total. The number of aliphatic hydroxyl groups is 1. The molecule has 0 spiro atoms. The van der Waals surface area contributed by atoms with E-state index < -0.39 is 0 Å². The van der Waals surface area contributed by atoms with Gasteiger partial charge in [0.1, 0.15) is 5.82 Å². The molecule has 0 aliphatic carbocycles. The van der Waals surface area contributed by atoms with Crippen LogP contribution < -0.4 is 11.1 Å². The topological polar surface area (TPSA) is 71.2 Å². The largest absolute Gasteiger partial charge is 0.396 e. The monoisotopic (exact) mass is 195 g/mol. The van der Waals surface area contributed by atoms with Crippen molar-refractivity contribution in [2.75, 3.05) is 24.2 Å². The number of aliphatic hydroxyl groups excluding tert-OH is 1. The van der Waals surface area contributed by atoms with Crippen molar-refractivity contribution in [2.45, 2.75) is 13.8 Å². The van der Waals surface area contributed by atoms with Crippen LogP contribution in [-0.4, -0.2) is 23.2 Å². The fourth-order valence-corrected chi connectivity index (χ4v) is 1.05. The Kier molecular flexibility index (Phi) is 3.71. The van der Waals surface area contributed by atoms with Gasteiger partial charge in [-0.3, -0.25) is 0 Å². The molecule has 1 aromatic rings. The van der Waals surface area contributed by atoms with E-state index in [1.54, 1.807) is 6.20 Å². The van der Waals surface area contributed by atoms with Crippen LogP contribution >= 0.6 is 0 Å². The molecule has 4 heteroatoms. The number of hydrogen-bond donors (Lipinski definition) is 3. The summed E-state index contributed by atoms with van der Waals surface area (Å²) in [4.78, 5) is 4.13. The number of nitrogens with two attached hydrogens (primary N) is 1. The van der Waals surface area contributed by atoms with E-state index in [4.69, 9.17) is 10.8 Å². The summed E-state index contributed by atoms with van der Waals surface area (Å²) in [5.74, 6) is 0.905. The Morgan fingerprint density at radius 1 is 1.64 bits per heavy atom. The molecule has 0 fully saturated rings. The van der Waals surface area contributed by atoms with Crippen LogP contribution in [0, 0.1) is 12.8 Å². The van der Waals surface area contributed by atoms with E-state index in [1.165, 1.54) is 0 Å². The maximum Gasteiger partial charge on any atom is 0.149 e. The van der Waals surface area contributed by atoms with E-state index in [0.29, 0.717) is 18.1 Å². The second-order valence-corrected chi connectivity index (χ2v) is 3.56. The van der Waals surface area contributed by atoms with E-state index in [1.807, 2.05) is 19.9 Å². The summed E-state index contributed by atoms with van der Waals surface area (Å²) in [6.45, 7) is 4.74. The number of nitrogens with zero attached hydrogens (tertiary/aromatic N) is 1. The summed E-state index contributed by atoms with van der Waals surface area (Å²) in [5, 5.41) is 12.0. The SMILES string of the molecule is Cc1ccnc(NCC(C)CO)c1N. The lowest BCUT2D eigenvalue weighted by molar-refractivity contribution is 0.244. The zero-order valence-electron chi connectivity index (χ0n) is 8.62. The summed E-state index contributed by atoms with van der Waals surface area (Å²) in [6.07, 6.45) is 1.72. The van der Waals surface area contributed by atoms with E-state index in [9.17, 15) is 0 Å². The average molecular weight is 195 g/mol. The zero-order chi connectivity index (χ0) is 10.6. The highest BCUT2D eigenvalue weighted by Gasteiger charge is 2.04. The van der Waals surface area contributed by atoms with Gasteiger partial charge in [0, 0.05) is 19.3 Å². The molecule has 1 atom stereocenters. The van der Waals surface area contributed by atoms with E-state index >= 15 is 0 Å². The molecular formula is C10H17N3O. The summed E-state index contributed by atoms with van der Waals surface area (Å²) >= 11 is 0. The van der Waals surface area contributed by atoms with Crippen LogP contribution in [0.15, 0.2) is 12.3 Å². The van der Waals surface area contributed by atoms with Crippen LogP contribution in [0.1, 0.15) is 12.5 Å². The third-order valence-electron chi connectivity index (χ3n) is 2.14. The van der Waals surface area contributed by atoms with Crippen LogP contribution in [-0.2, 0) is 0 Å². The summed E-state index contributed by atoms with van der Waals surface area (Å²) < 4.78 is 0. The van der Waals surface area contributed by atoms with Crippen molar-refractivity contribution < 1.29 is 5.11 Å². The molecular weight excluding hydrogens is 178 g/mol. The smallest absolute Gasteiger partial charge is 0.149 e. The second kappa shape index (κ2) is 4.81. The summed E-state index contributed by atoms with van der Waals surface area (Å²) in [7, 11) is 0. The van der Waals surface area contributed by atoms with Crippen LogP contribution in [0.3, 0.4) is 0 Å². The maximum atomic E-state index is 8.85. The molecule has 4 nitrogen and oxygen atoms in total. The van der Waals surface area contributed by atoms with Gasteiger partial charge in [-0.1, -0.05) is 6.92 Å². The molecule has 0 amide bonds. The number of anilines is 2. The van der Waals surface area contributed by atoms with Gasteiger partial charge in [-0.2, -0.15) is 0 Å². The standard InChI is InChI=1S/C10H17N3O/c1-7(6-14)5-13-10-9(11)8(2)3-4-12-10/h3-4,7,14H,5-6,11H2,1-2H3,(H,12,13). The Morgan fingerprint density at radius 2 is 2.36 bits per heavy atom. The molecule has 14 heavy (non-hydrogen) atoms. The maximum absolute atomic E-state index is 8.85. The highest BCUT2D eigenvalue weighted by molar-refractivity contribution is 5.64. The first-order valence-electron chi connectivity index (χ1n) is 4.71. The van der Waals surface area contributed by atoms with E-state index in [0.717, 1.165) is 5.56 Å². The molecule has 1 rings (SSSR count). The highest BCUT2D eigenvalue weighted by atomic mass is 16.3. The Bertz CT molecular complexity index is 301. The number of rotatable bonds is 4. The minimum Gasteiger partial charge on any atom is -0.396 e. The average Bonchev–Trinajstić information content (AvgIpc) is 2.20. The van der Waals surface area contributed by atoms with Crippen molar-refractivity contribution in [1.82, 2.24) is 4.98 Å². The van der Waals surface area contributed by atoms with Crippen molar-refractivity contribution in [2.24, 2.45) is 5.92 Å². The molecule has 0 aliphatic rings. The molecule has 0 aromatic carbocycles. The predicted molar refractivity (Wildman–Crippen MR) is 58.1 cm³/mol. The number of pyridine rings is 1. The first-order valence-corrected chi connectivity index (χ1v) is 4.71. The Morgan fingerprint density at radius 3 is 3.00 bits per heavy atom. The molecule has 1 heterocycles. The molecule has 1 aromatic heterocycles. The lowest BCUT2D eigenvalue weighted by Gasteiger charge is -2.12. The molecule has 0 aliphatic heterocycles. The zero-order valence-corrected chi connectivity index (χ0v) is 8.62. The van der Waals surface area contributed by atoms with Crippen LogP contribution in [0.5, 0.6) is 0 Å². The van der Waals surface area contributed by atoms with Crippen molar-refractivity contribution in [1.29, 1.82) is 0 Å². The Balaban J connectivity index is 2.63. The number of nitrogens with one attached hydrogen (secondary N) is 1. The van der Waals surface area contributed by atoms with Gasteiger partial charge in [0.2, 0.25) is 0 Å². The molecule has 1 unspecified atom stereocenters. The first-order chi connectivity index (χ1) is 6.65. The van der Waals surface area contributed by atoms with Crippen LogP contribution in [0.4, 0.5) is 11.5 Å². The first kappa shape index (κ1) is 10.8. The molecule has 78 valence electrons. The van der Waals surface area contributed by atoms with Gasteiger partial charge in [-0.05, 0) is 24.5 Å². The third kappa shape index (κ3) is 2.60. The molecule has 0 saturated carbocycles. The lowest BCUT2D eigenvalue weighted by atomic mass is 10.2. The molecule has 0 radical (unpaired) electrons. The molecule has 0 bridgehead atoms. The minimum absolute atomic E-state index is 0.165. The van der Waals surface area contributed by atoms with Crippen LogP contribution in [0.25, 0.3) is 0 Å². The van der Waals surface area contributed by atoms with Crippen molar-refractivity contribution >= 4 is 11.5 Å². The number of hydrogen-bond acceptors (Lipinski definition) is 4. The lowest BCUT2D eigenvalue weighted by Crippen LogP contribution is -2.16. The van der Waals surface area contributed by atoms with Gasteiger partial charge in [-0.15, -0.1) is 0 Å². The fraction of sp³-hybridized carbons (Fsp3) is 0.500. The van der Waals surface area contributed by atoms with Gasteiger partial charge >= 0.3 is 0 Å². The quantitative estimate of drug-likeness (QED) is 0.670. The van der Waals surface area contributed by atoms with Crippen molar-refractivity contribution in [3.05, 3.63) is 17.8 Å². The van der Waals surface area contributed by atoms with Gasteiger partial charge in [0.25, 0.3) is 0 Å². The second-order valence-electron chi connectivity index (χ2n) is 3.56. The fourth-order valence-electron chi connectivity index (χ4n) is 1.05. The van der Waals surface area contributed by atoms with Gasteiger partial charge in [0.15, 0.2) is 0 Å². The van der Waals surface area contributed by atoms with Crippen molar-refractivity contribution in [3.63, 3.8) is 0 Å². The Hall–Kier alpha value is -1.29. The van der Waals surface area contributed by atoms with Gasteiger partial charge in [-0.25, -0.2) is 4.98 Å². The normalized spacial score (nSPS) is 12.5. The molecule has 0 saturated heterocycles. The number of aromatic nitrogens is 1. The van der Waals surface area contributed by atoms with Crippen LogP contribution in [0.2, 0.25) is 0 Å². The summed E-state index contributed by atoms with van der Waals surface area (Å²) in [5.41, 5.74) is 7.51. The van der Waals surface area contributed by atoms with E-state index in [2.05, 4.69) is 10.3 Å². The number of nitrogen functional groups attached to an aromatic ring is 1. The Labute approximate surface area is 84.2 Å². The summed E-state index contributed by atoms with van der Waals surface area (Å²) in [6, 6.07) is 1.87. The third-order valence-corrected chi connectivity index (χ3v) is 2.14. The van der Waals surface area contributed by atoms with Crippen molar-refractivity contribution in [3.8, 4) is 0 Å². The number of aryl methyl sites for hydroxylation is 1.